The summed E-state index contributed by atoms with van der Waals surface area (Å²) in [7, 11) is 0. The van der Waals surface area contributed by atoms with Crippen LogP contribution < -0.4 is 5.32 Å². The van der Waals surface area contributed by atoms with Crippen LogP contribution in [-0.2, 0) is 4.79 Å². The number of aromatic hydroxyl groups is 4. The van der Waals surface area contributed by atoms with Gasteiger partial charge in [0.25, 0.3) is 0 Å². The number of nitrogens with zero attached hydrogens (tertiary/aromatic N) is 1. The summed E-state index contributed by atoms with van der Waals surface area (Å²) in [5.74, 6) is -1.27. The van der Waals surface area contributed by atoms with Crippen LogP contribution in [0.1, 0.15) is 11.1 Å². The fourth-order valence-corrected chi connectivity index (χ4v) is 2.02. The van der Waals surface area contributed by atoms with Gasteiger partial charge in [0.05, 0.1) is 11.3 Å². The van der Waals surface area contributed by atoms with Crippen molar-refractivity contribution in [3.8, 4) is 29.1 Å². The van der Waals surface area contributed by atoms with Crippen LogP contribution in [0.4, 0.5) is 0 Å². The molecule has 0 aromatic heterocycles. The summed E-state index contributed by atoms with van der Waals surface area (Å²) in [6.45, 7) is 0. The number of hydrogen-bond acceptors (Lipinski definition) is 6. The molecule has 0 aliphatic heterocycles. The lowest BCUT2D eigenvalue weighted by molar-refractivity contribution is -0.108. The first-order chi connectivity index (χ1) is 11.9. The molecule has 0 atom stereocenters. The Hall–Kier alpha value is -3.92. The second-order valence-electron chi connectivity index (χ2n) is 4.99. The first-order valence-corrected chi connectivity index (χ1v) is 7.02. The number of phenols is 4. The lowest BCUT2D eigenvalue weighted by atomic mass is 10.1. The molecule has 1 amide bonds. The number of nitrogens with one attached hydrogen (secondary N) is 1. The first-order valence-electron chi connectivity index (χ1n) is 7.02. The number of carbonyl (C=O) groups is 1. The average molecular weight is 338 g/mol. The molecular weight excluding hydrogens is 324 g/mol. The topological polar surface area (TPSA) is 134 Å². The van der Waals surface area contributed by atoms with E-state index in [1.807, 2.05) is 6.07 Å². The fraction of sp³-hybridized carbons (Fsp3) is 0. The lowest BCUT2D eigenvalue weighted by Gasteiger charge is -2.06. The zero-order chi connectivity index (χ0) is 18.4. The van der Waals surface area contributed by atoms with E-state index in [9.17, 15) is 30.5 Å². The van der Waals surface area contributed by atoms with Crippen molar-refractivity contribution in [3.05, 3.63) is 58.8 Å². The molecule has 2 aromatic rings. The Morgan fingerprint density at radius 1 is 0.880 bits per heavy atom. The smallest absolute Gasteiger partial charge is 0.211 e. The van der Waals surface area contributed by atoms with E-state index in [0.29, 0.717) is 17.5 Å². The van der Waals surface area contributed by atoms with E-state index in [-0.39, 0.29) is 34.3 Å². The summed E-state index contributed by atoms with van der Waals surface area (Å²) >= 11 is 0. The van der Waals surface area contributed by atoms with Crippen LogP contribution in [-0.4, -0.2) is 26.8 Å². The summed E-state index contributed by atoms with van der Waals surface area (Å²) in [5, 5.41) is 49.5. The van der Waals surface area contributed by atoms with Crippen molar-refractivity contribution in [2.24, 2.45) is 0 Å². The zero-order valence-electron chi connectivity index (χ0n) is 12.8. The summed E-state index contributed by atoms with van der Waals surface area (Å²) < 4.78 is 0. The minimum atomic E-state index is -0.344. The molecule has 7 nitrogen and oxygen atoms in total. The molecular formula is C18H14N2O5. The maximum absolute atomic E-state index is 10.8. The number of carbonyl (C=O) groups excluding carboxylic acids is 1. The molecule has 0 heterocycles. The van der Waals surface area contributed by atoms with E-state index in [0.717, 1.165) is 0 Å². The molecule has 0 saturated carbocycles. The van der Waals surface area contributed by atoms with Gasteiger partial charge >= 0.3 is 0 Å². The van der Waals surface area contributed by atoms with Crippen molar-refractivity contribution in [1.82, 2.24) is 5.32 Å². The second-order valence-corrected chi connectivity index (χ2v) is 4.99. The maximum Gasteiger partial charge on any atom is 0.211 e. The van der Waals surface area contributed by atoms with Gasteiger partial charge in [-0.3, -0.25) is 4.79 Å². The molecule has 0 radical (unpaired) electrons. The van der Waals surface area contributed by atoms with E-state index in [4.69, 9.17) is 0 Å². The molecule has 126 valence electrons. The highest BCUT2D eigenvalue weighted by atomic mass is 16.3. The van der Waals surface area contributed by atoms with Crippen molar-refractivity contribution >= 4 is 18.6 Å². The predicted molar refractivity (Wildman–Crippen MR) is 90.3 cm³/mol. The molecule has 0 saturated heterocycles. The van der Waals surface area contributed by atoms with Crippen molar-refractivity contribution < 1.29 is 25.2 Å². The SMILES string of the molecule is N#CC(=C\c1ccc(O)c(O)c1)/C(=C/c1ccc(O)c(O)c1)NC=O. The third-order valence-corrected chi connectivity index (χ3v) is 3.25. The number of nitriles is 1. The molecule has 7 heteroatoms. The Kier molecular flexibility index (Phi) is 5.28. The second kappa shape index (κ2) is 7.57. The first kappa shape index (κ1) is 17.4. The highest BCUT2D eigenvalue weighted by Gasteiger charge is 2.08. The van der Waals surface area contributed by atoms with Crippen LogP contribution in [0, 0.1) is 11.3 Å². The van der Waals surface area contributed by atoms with Crippen LogP contribution in [0.15, 0.2) is 47.7 Å². The van der Waals surface area contributed by atoms with Crippen molar-refractivity contribution in [2.45, 2.75) is 0 Å². The summed E-state index contributed by atoms with van der Waals surface area (Å²) in [6.07, 6.45) is 3.23. The molecule has 0 fully saturated rings. The molecule has 25 heavy (non-hydrogen) atoms. The lowest BCUT2D eigenvalue weighted by Crippen LogP contribution is -2.11. The van der Waals surface area contributed by atoms with Gasteiger partial charge in [0.15, 0.2) is 23.0 Å². The Balaban J connectivity index is 2.48. The molecule has 0 aliphatic rings. The monoisotopic (exact) mass is 338 g/mol. The Morgan fingerprint density at radius 3 is 1.84 bits per heavy atom. The molecule has 2 aromatic carbocycles. The van der Waals surface area contributed by atoms with Crippen molar-refractivity contribution in [2.75, 3.05) is 0 Å². The van der Waals surface area contributed by atoms with E-state index in [1.54, 1.807) is 0 Å². The third-order valence-electron chi connectivity index (χ3n) is 3.25. The highest BCUT2D eigenvalue weighted by molar-refractivity contribution is 5.74. The zero-order valence-corrected chi connectivity index (χ0v) is 12.8. The van der Waals surface area contributed by atoms with Gasteiger partial charge in [0.1, 0.15) is 6.07 Å². The van der Waals surface area contributed by atoms with Crippen LogP contribution >= 0.6 is 0 Å². The Bertz CT molecular complexity index is 910. The van der Waals surface area contributed by atoms with E-state index in [2.05, 4.69) is 5.32 Å². The van der Waals surface area contributed by atoms with Crippen LogP contribution in [0.5, 0.6) is 23.0 Å². The van der Waals surface area contributed by atoms with Gasteiger partial charge in [-0.25, -0.2) is 0 Å². The minimum absolute atomic E-state index is 0.0738. The molecule has 0 bridgehead atoms. The number of amides is 1. The quantitative estimate of drug-likeness (QED) is 0.246. The average Bonchev–Trinajstić information content (AvgIpc) is 2.59. The standard InChI is InChI=1S/C18H14N2O5/c19-9-13(5-11-1-3-15(22)17(24)7-11)14(20-10-21)6-12-2-4-16(23)18(25)8-12/h1-8,10,22-25H,(H,20,21)/b13-5+,14-6-. The summed E-state index contributed by atoms with van der Waals surface area (Å²) in [4.78, 5) is 10.8. The number of rotatable bonds is 5. The van der Waals surface area contributed by atoms with Gasteiger partial charge in [-0.15, -0.1) is 0 Å². The van der Waals surface area contributed by atoms with Gasteiger partial charge in [0.2, 0.25) is 6.41 Å². The van der Waals surface area contributed by atoms with Gasteiger partial charge in [-0.05, 0) is 47.5 Å². The molecule has 5 N–H and O–H groups in total. The normalized spacial score (nSPS) is 11.6. The largest absolute Gasteiger partial charge is 0.504 e. The third kappa shape index (κ3) is 4.30. The Morgan fingerprint density at radius 2 is 1.40 bits per heavy atom. The highest BCUT2D eigenvalue weighted by Crippen LogP contribution is 2.28. The summed E-state index contributed by atoms with van der Waals surface area (Å²) in [6, 6.07) is 9.97. The minimum Gasteiger partial charge on any atom is -0.504 e. The molecule has 0 unspecified atom stereocenters. The van der Waals surface area contributed by atoms with Crippen molar-refractivity contribution in [3.63, 3.8) is 0 Å². The molecule has 2 rings (SSSR count). The van der Waals surface area contributed by atoms with Gasteiger partial charge in [0, 0.05) is 0 Å². The number of phenolic OH excluding ortho intramolecular Hbond substituents is 4. The number of hydrogen-bond donors (Lipinski definition) is 5. The number of allylic oxidation sites excluding steroid dienone is 1. The fourth-order valence-electron chi connectivity index (χ4n) is 2.02. The van der Waals surface area contributed by atoms with Gasteiger partial charge in [-0.1, -0.05) is 12.1 Å². The van der Waals surface area contributed by atoms with E-state index < -0.39 is 0 Å². The van der Waals surface area contributed by atoms with Crippen LogP contribution in [0.2, 0.25) is 0 Å². The van der Waals surface area contributed by atoms with Gasteiger partial charge < -0.3 is 25.7 Å². The van der Waals surface area contributed by atoms with Gasteiger partial charge in [-0.2, -0.15) is 5.26 Å². The molecule has 0 spiro atoms. The summed E-state index contributed by atoms with van der Waals surface area (Å²) in [5.41, 5.74) is 1.09. The van der Waals surface area contributed by atoms with Crippen LogP contribution in [0.3, 0.4) is 0 Å². The number of benzene rings is 2. The molecule has 0 aliphatic carbocycles. The van der Waals surface area contributed by atoms with E-state index in [1.165, 1.54) is 48.6 Å². The Labute approximate surface area is 143 Å². The van der Waals surface area contributed by atoms with E-state index >= 15 is 0 Å². The predicted octanol–water partition coefficient (Wildman–Crippen LogP) is 2.20. The van der Waals surface area contributed by atoms with Crippen LogP contribution in [0.25, 0.3) is 12.2 Å². The van der Waals surface area contributed by atoms with Crippen molar-refractivity contribution in [1.29, 1.82) is 5.26 Å². The maximum atomic E-state index is 10.8.